The number of esters is 1. The van der Waals surface area contributed by atoms with E-state index in [4.69, 9.17) is 22.1 Å². The lowest BCUT2D eigenvalue weighted by Crippen LogP contribution is -2.16. The summed E-state index contributed by atoms with van der Waals surface area (Å²) in [5.41, 5.74) is 6.68. The molecule has 2 aromatic heterocycles. The average molecular weight is 480 g/mol. The Morgan fingerprint density at radius 2 is 1.94 bits per heavy atom. The number of benzene rings is 1. The molecule has 3 rings (SSSR count). The van der Waals surface area contributed by atoms with E-state index in [0.717, 1.165) is 16.9 Å². The van der Waals surface area contributed by atoms with Crippen LogP contribution in [-0.4, -0.2) is 45.4 Å². The van der Waals surface area contributed by atoms with Crippen LogP contribution in [-0.2, 0) is 16.6 Å². The van der Waals surface area contributed by atoms with Crippen LogP contribution in [0.2, 0.25) is 5.02 Å². The number of nitrogens with zero attached hydrogens (tertiary/aromatic N) is 3. The van der Waals surface area contributed by atoms with Gasteiger partial charge in [-0.05, 0) is 36.8 Å². The van der Waals surface area contributed by atoms with Crippen molar-refractivity contribution in [2.24, 2.45) is 12.8 Å². The number of hydrogen-bond acceptors (Lipinski definition) is 8. The van der Waals surface area contributed by atoms with Gasteiger partial charge in [-0.1, -0.05) is 23.4 Å². The van der Waals surface area contributed by atoms with Crippen LogP contribution in [0, 0.1) is 6.92 Å². The minimum Gasteiger partial charge on any atom is -0.465 e. The van der Waals surface area contributed by atoms with Crippen molar-refractivity contribution in [1.82, 2.24) is 14.8 Å². The van der Waals surface area contributed by atoms with Crippen LogP contribution < -0.4 is 11.1 Å². The van der Waals surface area contributed by atoms with Crippen LogP contribution in [0.25, 0.3) is 11.4 Å². The van der Waals surface area contributed by atoms with Gasteiger partial charge in [-0.3, -0.25) is 9.59 Å². The maximum absolute atomic E-state index is 12.5. The number of nitrogens with one attached hydrogen (secondary N) is 1. The predicted molar refractivity (Wildman–Crippen MR) is 120 cm³/mol. The number of thiophene rings is 1. The van der Waals surface area contributed by atoms with Crippen molar-refractivity contribution in [1.29, 1.82) is 0 Å². The molecule has 0 saturated heterocycles. The molecular weight excluding hydrogens is 462 g/mol. The van der Waals surface area contributed by atoms with Gasteiger partial charge in [0.15, 0.2) is 11.0 Å². The molecule has 31 heavy (non-hydrogen) atoms. The first kappa shape index (κ1) is 22.8. The molecule has 0 saturated carbocycles. The summed E-state index contributed by atoms with van der Waals surface area (Å²) in [6.45, 7) is 1.57. The van der Waals surface area contributed by atoms with E-state index in [9.17, 15) is 14.4 Å². The lowest BCUT2D eigenvalue weighted by atomic mass is 10.1. The van der Waals surface area contributed by atoms with Crippen molar-refractivity contribution in [2.75, 3.05) is 18.2 Å². The predicted octanol–water partition coefficient (Wildman–Crippen LogP) is 3.12. The Hall–Kier alpha value is -2.89. The lowest BCUT2D eigenvalue weighted by molar-refractivity contribution is -0.113. The number of rotatable bonds is 7. The van der Waals surface area contributed by atoms with Crippen molar-refractivity contribution in [3.05, 3.63) is 45.3 Å². The molecule has 12 heteroatoms. The van der Waals surface area contributed by atoms with Crippen molar-refractivity contribution in [3.8, 4) is 11.4 Å². The fourth-order valence-corrected chi connectivity index (χ4v) is 4.67. The molecule has 0 atom stereocenters. The number of hydrogen-bond donors (Lipinski definition) is 2. The number of anilines is 1. The Labute approximate surface area is 190 Å². The highest BCUT2D eigenvalue weighted by molar-refractivity contribution is 7.99. The summed E-state index contributed by atoms with van der Waals surface area (Å²) >= 11 is 8.03. The van der Waals surface area contributed by atoms with E-state index >= 15 is 0 Å². The van der Waals surface area contributed by atoms with Gasteiger partial charge >= 0.3 is 5.97 Å². The van der Waals surface area contributed by atoms with Crippen molar-refractivity contribution in [2.45, 2.75) is 12.1 Å². The number of ether oxygens (including phenoxy) is 1. The van der Waals surface area contributed by atoms with E-state index in [-0.39, 0.29) is 27.1 Å². The SMILES string of the molecule is COC(=O)c1c(NC(=O)CSc2nnc(-c3ccc(Cl)cc3)n2C)sc(C(N)=O)c1C. The Morgan fingerprint density at radius 3 is 2.55 bits per heavy atom. The molecule has 162 valence electrons. The highest BCUT2D eigenvalue weighted by atomic mass is 35.5. The first-order valence-electron chi connectivity index (χ1n) is 8.82. The summed E-state index contributed by atoms with van der Waals surface area (Å²) in [6, 6.07) is 7.18. The van der Waals surface area contributed by atoms with Gasteiger partial charge in [0.1, 0.15) is 5.00 Å². The van der Waals surface area contributed by atoms with Crippen molar-refractivity contribution in [3.63, 3.8) is 0 Å². The third-order valence-electron chi connectivity index (χ3n) is 4.28. The van der Waals surface area contributed by atoms with E-state index in [0.29, 0.717) is 21.6 Å². The van der Waals surface area contributed by atoms with E-state index < -0.39 is 11.9 Å². The Balaban J connectivity index is 1.73. The first-order chi connectivity index (χ1) is 14.7. The van der Waals surface area contributed by atoms with Crippen LogP contribution in [0.15, 0.2) is 29.4 Å². The smallest absolute Gasteiger partial charge is 0.341 e. The van der Waals surface area contributed by atoms with Crippen LogP contribution in [0.4, 0.5) is 5.00 Å². The van der Waals surface area contributed by atoms with Gasteiger partial charge in [0.25, 0.3) is 5.91 Å². The number of amides is 2. The molecule has 0 radical (unpaired) electrons. The van der Waals surface area contributed by atoms with Crippen LogP contribution in [0.1, 0.15) is 25.6 Å². The number of carbonyl (C=O) groups excluding carboxylic acids is 3. The van der Waals surface area contributed by atoms with Gasteiger partial charge in [-0.15, -0.1) is 21.5 Å². The zero-order valence-corrected chi connectivity index (χ0v) is 19.2. The molecule has 0 bridgehead atoms. The molecule has 9 nitrogen and oxygen atoms in total. The summed E-state index contributed by atoms with van der Waals surface area (Å²) in [6.07, 6.45) is 0. The summed E-state index contributed by atoms with van der Waals surface area (Å²) < 4.78 is 6.52. The molecule has 2 heterocycles. The number of thioether (sulfide) groups is 1. The summed E-state index contributed by atoms with van der Waals surface area (Å²) in [5, 5.41) is 12.3. The van der Waals surface area contributed by atoms with Crippen LogP contribution >= 0.6 is 34.7 Å². The number of primary amides is 1. The fraction of sp³-hybridized carbons (Fsp3) is 0.211. The topological polar surface area (TPSA) is 129 Å². The third-order valence-corrected chi connectivity index (χ3v) is 6.78. The zero-order chi connectivity index (χ0) is 22.7. The molecule has 0 aliphatic carbocycles. The standard InChI is InChI=1S/C19H18ClN5O4S2/c1-9-13(18(28)29-3)17(31-14(9)15(21)27)22-12(26)8-30-19-24-23-16(25(19)2)10-4-6-11(20)7-5-10/h4-7H,8H2,1-3H3,(H2,21,27)(H,22,26). The second kappa shape index (κ2) is 9.50. The normalized spacial score (nSPS) is 10.7. The third kappa shape index (κ3) is 4.89. The summed E-state index contributed by atoms with van der Waals surface area (Å²) in [4.78, 5) is 36.4. The molecular formula is C19H18ClN5O4S2. The Morgan fingerprint density at radius 1 is 1.26 bits per heavy atom. The molecule has 0 spiro atoms. The van der Waals surface area contributed by atoms with E-state index in [2.05, 4.69) is 15.5 Å². The van der Waals surface area contributed by atoms with Crippen molar-refractivity contribution >= 4 is 57.5 Å². The second-order valence-electron chi connectivity index (χ2n) is 6.33. The highest BCUT2D eigenvalue weighted by Gasteiger charge is 2.25. The summed E-state index contributed by atoms with van der Waals surface area (Å²) in [7, 11) is 3.01. The molecule has 1 aromatic carbocycles. The Bertz CT molecular complexity index is 1160. The summed E-state index contributed by atoms with van der Waals surface area (Å²) in [5.74, 6) is -1.09. The molecule has 2 amide bonds. The van der Waals surface area contributed by atoms with Crippen LogP contribution in [0.3, 0.4) is 0 Å². The molecule has 0 fully saturated rings. The zero-order valence-electron chi connectivity index (χ0n) is 16.8. The number of carbonyl (C=O) groups is 3. The lowest BCUT2D eigenvalue weighted by Gasteiger charge is -2.06. The maximum Gasteiger partial charge on any atom is 0.341 e. The highest BCUT2D eigenvalue weighted by Crippen LogP contribution is 2.33. The second-order valence-corrected chi connectivity index (χ2v) is 8.72. The van der Waals surface area contributed by atoms with Gasteiger partial charge in [0.05, 0.1) is 23.3 Å². The monoisotopic (exact) mass is 479 g/mol. The number of methoxy groups -OCH3 is 1. The molecule has 0 aliphatic rings. The van der Waals surface area contributed by atoms with Crippen LogP contribution in [0.5, 0.6) is 0 Å². The van der Waals surface area contributed by atoms with Gasteiger partial charge in [0.2, 0.25) is 5.91 Å². The average Bonchev–Trinajstić information content (AvgIpc) is 3.26. The molecule has 3 aromatic rings. The van der Waals surface area contributed by atoms with E-state index in [1.54, 1.807) is 30.7 Å². The minimum atomic E-state index is -0.684. The Kier molecular flexibility index (Phi) is 6.98. The molecule has 0 aliphatic heterocycles. The first-order valence-corrected chi connectivity index (χ1v) is 11.0. The van der Waals surface area contributed by atoms with Gasteiger partial charge in [-0.2, -0.15) is 0 Å². The van der Waals surface area contributed by atoms with Gasteiger partial charge in [-0.25, -0.2) is 4.79 Å². The van der Waals surface area contributed by atoms with Gasteiger partial charge in [0, 0.05) is 17.6 Å². The maximum atomic E-state index is 12.5. The number of aromatic nitrogens is 3. The van der Waals surface area contributed by atoms with E-state index in [1.165, 1.54) is 18.9 Å². The minimum absolute atomic E-state index is 0.00998. The molecule has 3 N–H and O–H groups in total. The van der Waals surface area contributed by atoms with Gasteiger partial charge < -0.3 is 20.4 Å². The number of nitrogens with two attached hydrogens (primary N) is 1. The van der Waals surface area contributed by atoms with Crippen molar-refractivity contribution < 1.29 is 19.1 Å². The number of halogens is 1. The van der Waals surface area contributed by atoms with E-state index in [1.807, 2.05) is 12.1 Å². The largest absolute Gasteiger partial charge is 0.465 e. The quantitative estimate of drug-likeness (QED) is 0.393. The molecule has 0 unspecified atom stereocenters. The fourth-order valence-electron chi connectivity index (χ4n) is 2.77.